The number of nitrogens with zero attached hydrogens (tertiary/aromatic N) is 1. The summed E-state index contributed by atoms with van der Waals surface area (Å²) in [7, 11) is 0. The van der Waals surface area contributed by atoms with Gasteiger partial charge in [0.25, 0.3) is 0 Å². The van der Waals surface area contributed by atoms with E-state index >= 15 is 0 Å². The van der Waals surface area contributed by atoms with Gasteiger partial charge in [-0.2, -0.15) is 0 Å². The van der Waals surface area contributed by atoms with Crippen LogP contribution in [0.3, 0.4) is 0 Å². The van der Waals surface area contributed by atoms with Gasteiger partial charge in [-0.3, -0.25) is 9.69 Å². The molecule has 74 valence electrons. The number of ketones is 1. The molecule has 2 aliphatic rings. The summed E-state index contributed by atoms with van der Waals surface area (Å²) < 4.78 is 0. The van der Waals surface area contributed by atoms with Crippen molar-refractivity contribution in [3.05, 3.63) is 0 Å². The first-order valence-corrected chi connectivity index (χ1v) is 5.04. The molecule has 1 N–H and O–H groups in total. The Balaban J connectivity index is 1.79. The van der Waals surface area contributed by atoms with Crippen LogP contribution in [0, 0.1) is 5.92 Å². The fraction of sp³-hybridized carbons (Fsp3) is 0.900. The van der Waals surface area contributed by atoms with E-state index in [2.05, 4.69) is 4.90 Å². The van der Waals surface area contributed by atoms with Crippen molar-refractivity contribution >= 4 is 5.78 Å². The summed E-state index contributed by atoms with van der Waals surface area (Å²) in [5.41, 5.74) is -0.566. The summed E-state index contributed by atoms with van der Waals surface area (Å²) in [5.74, 6) is 0.725. The molecule has 1 aliphatic heterocycles. The third kappa shape index (κ3) is 2.29. The molecule has 13 heavy (non-hydrogen) atoms. The van der Waals surface area contributed by atoms with Crippen LogP contribution in [0.25, 0.3) is 0 Å². The zero-order chi connectivity index (χ0) is 9.47. The van der Waals surface area contributed by atoms with Crippen LogP contribution < -0.4 is 0 Å². The van der Waals surface area contributed by atoms with E-state index in [4.69, 9.17) is 0 Å². The van der Waals surface area contributed by atoms with E-state index in [1.54, 1.807) is 0 Å². The number of β-amino-alcohol motifs (C(OH)–C–C–N with tert-alkyl or cyclic N) is 1. The third-order valence-electron chi connectivity index (χ3n) is 2.94. The number of likely N-dealkylation sites (tertiary alicyclic amines) is 1. The van der Waals surface area contributed by atoms with Crippen LogP contribution in [0.1, 0.15) is 26.2 Å². The summed E-state index contributed by atoms with van der Waals surface area (Å²) in [6.45, 7) is 3.92. The van der Waals surface area contributed by atoms with Crippen LogP contribution in [0.4, 0.5) is 0 Å². The number of rotatable bonds is 3. The lowest BCUT2D eigenvalue weighted by Crippen LogP contribution is -2.33. The van der Waals surface area contributed by atoms with E-state index in [-0.39, 0.29) is 0 Å². The highest BCUT2D eigenvalue weighted by atomic mass is 16.3. The van der Waals surface area contributed by atoms with Gasteiger partial charge in [-0.25, -0.2) is 0 Å². The maximum Gasteiger partial charge on any atom is 0.149 e. The van der Waals surface area contributed by atoms with Gasteiger partial charge < -0.3 is 5.11 Å². The molecule has 1 saturated heterocycles. The standard InChI is InChI=1S/C10H17NO2/c1-10(13)4-5-11(7-10)6-9(12)8-2-3-8/h8,13H,2-7H2,1H3. The van der Waals surface area contributed by atoms with Crippen LogP contribution in [0.2, 0.25) is 0 Å². The lowest BCUT2D eigenvalue weighted by Gasteiger charge is -2.17. The van der Waals surface area contributed by atoms with Gasteiger partial charge in [0, 0.05) is 19.0 Å². The van der Waals surface area contributed by atoms with Gasteiger partial charge in [0.1, 0.15) is 5.78 Å². The smallest absolute Gasteiger partial charge is 0.149 e. The van der Waals surface area contributed by atoms with Gasteiger partial charge in [-0.05, 0) is 26.2 Å². The minimum atomic E-state index is -0.566. The average Bonchev–Trinajstić information content (AvgIpc) is 2.78. The zero-order valence-electron chi connectivity index (χ0n) is 8.12. The molecule has 1 heterocycles. The summed E-state index contributed by atoms with van der Waals surface area (Å²) in [4.78, 5) is 13.5. The Kier molecular flexibility index (Phi) is 2.16. The largest absolute Gasteiger partial charge is 0.389 e. The molecular formula is C10H17NO2. The topological polar surface area (TPSA) is 40.5 Å². The zero-order valence-corrected chi connectivity index (χ0v) is 8.12. The van der Waals surface area contributed by atoms with Gasteiger partial charge in [0.15, 0.2) is 0 Å². The summed E-state index contributed by atoms with van der Waals surface area (Å²) >= 11 is 0. The second kappa shape index (κ2) is 3.07. The Morgan fingerprint density at radius 1 is 1.62 bits per heavy atom. The van der Waals surface area contributed by atoms with E-state index in [0.717, 1.165) is 25.8 Å². The molecule has 3 heteroatoms. The monoisotopic (exact) mass is 183 g/mol. The lowest BCUT2D eigenvalue weighted by atomic mass is 10.1. The van der Waals surface area contributed by atoms with Gasteiger partial charge >= 0.3 is 0 Å². The van der Waals surface area contributed by atoms with Crippen LogP contribution >= 0.6 is 0 Å². The molecule has 1 unspecified atom stereocenters. The van der Waals surface area contributed by atoms with Crippen molar-refractivity contribution < 1.29 is 9.90 Å². The Morgan fingerprint density at radius 3 is 2.77 bits per heavy atom. The fourth-order valence-corrected chi connectivity index (χ4v) is 1.93. The van der Waals surface area contributed by atoms with Crippen LogP contribution in [-0.2, 0) is 4.79 Å². The number of aliphatic hydroxyl groups is 1. The van der Waals surface area contributed by atoms with E-state index < -0.39 is 5.60 Å². The normalized spacial score (nSPS) is 35.2. The maximum absolute atomic E-state index is 11.4. The molecule has 3 nitrogen and oxygen atoms in total. The Hall–Kier alpha value is -0.410. The van der Waals surface area contributed by atoms with Gasteiger partial charge in [-0.1, -0.05) is 0 Å². The first kappa shape index (κ1) is 9.16. The van der Waals surface area contributed by atoms with Gasteiger partial charge in [-0.15, -0.1) is 0 Å². The second-order valence-electron chi connectivity index (χ2n) is 4.70. The first-order chi connectivity index (χ1) is 6.07. The predicted molar refractivity (Wildman–Crippen MR) is 49.4 cm³/mol. The highest BCUT2D eigenvalue weighted by Gasteiger charge is 2.35. The molecule has 0 aromatic rings. The van der Waals surface area contributed by atoms with Gasteiger partial charge in [0.05, 0.1) is 12.1 Å². The van der Waals surface area contributed by atoms with Crippen molar-refractivity contribution in [2.45, 2.75) is 31.8 Å². The van der Waals surface area contributed by atoms with E-state index in [1.165, 1.54) is 0 Å². The van der Waals surface area contributed by atoms with Crippen molar-refractivity contribution in [2.24, 2.45) is 5.92 Å². The number of carbonyl (C=O) groups excluding carboxylic acids is 1. The Bertz CT molecular complexity index is 221. The predicted octanol–water partition coefficient (Wildman–Crippen LogP) is 0.422. The van der Waals surface area contributed by atoms with Crippen LogP contribution in [-0.4, -0.2) is 41.0 Å². The van der Waals surface area contributed by atoms with Crippen LogP contribution in [0.15, 0.2) is 0 Å². The van der Waals surface area contributed by atoms with Crippen molar-refractivity contribution in [1.82, 2.24) is 4.90 Å². The SMILES string of the molecule is CC1(O)CCN(CC(=O)C2CC2)C1. The molecular weight excluding hydrogens is 166 g/mol. The number of Topliss-reactive ketones (excluding diaryl/α,β-unsaturated/α-hetero) is 1. The van der Waals surface area contributed by atoms with Crippen molar-refractivity contribution in [3.8, 4) is 0 Å². The van der Waals surface area contributed by atoms with E-state index in [1.807, 2.05) is 6.92 Å². The fourth-order valence-electron chi connectivity index (χ4n) is 1.93. The second-order valence-corrected chi connectivity index (χ2v) is 4.70. The molecule has 1 atom stereocenters. The number of hydrogen-bond donors (Lipinski definition) is 1. The molecule has 1 aliphatic carbocycles. The van der Waals surface area contributed by atoms with E-state index in [0.29, 0.717) is 24.8 Å². The van der Waals surface area contributed by atoms with Gasteiger partial charge in [0.2, 0.25) is 0 Å². The third-order valence-corrected chi connectivity index (χ3v) is 2.94. The molecule has 2 rings (SSSR count). The summed E-state index contributed by atoms with van der Waals surface area (Å²) in [5, 5.41) is 9.68. The molecule has 1 saturated carbocycles. The molecule has 0 aromatic carbocycles. The molecule has 0 aromatic heterocycles. The molecule has 2 fully saturated rings. The van der Waals surface area contributed by atoms with E-state index in [9.17, 15) is 9.90 Å². The van der Waals surface area contributed by atoms with Crippen molar-refractivity contribution in [1.29, 1.82) is 0 Å². The first-order valence-electron chi connectivity index (χ1n) is 5.04. The highest BCUT2D eigenvalue weighted by molar-refractivity contribution is 5.85. The average molecular weight is 183 g/mol. The summed E-state index contributed by atoms with van der Waals surface area (Å²) in [6.07, 6.45) is 2.97. The minimum Gasteiger partial charge on any atom is -0.389 e. The lowest BCUT2D eigenvalue weighted by molar-refractivity contribution is -0.121. The molecule has 0 bridgehead atoms. The molecule has 0 radical (unpaired) electrons. The maximum atomic E-state index is 11.4. The minimum absolute atomic E-state index is 0.352. The quantitative estimate of drug-likeness (QED) is 0.689. The summed E-state index contributed by atoms with van der Waals surface area (Å²) in [6, 6.07) is 0. The highest BCUT2D eigenvalue weighted by Crippen LogP contribution is 2.30. The van der Waals surface area contributed by atoms with Crippen molar-refractivity contribution in [3.63, 3.8) is 0 Å². The number of hydrogen-bond acceptors (Lipinski definition) is 3. The van der Waals surface area contributed by atoms with Crippen LogP contribution in [0.5, 0.6) is 0 Å². The molecule has 0 amide bonds. The van der Waals surface area contributed by atoms with Crippen molar-refractivity contribution in [2.75, 3.05) is 19.6 Å². The number of carbonyl (C=O) groups is 1. The molecule has 0 spiro atoms. The Labute approximate surface area is 78.7 Å². The Morgan fingerprint density at radius 2 is 2.31 bits per heavy atom.